The highest BCUT2D eigenvalue weighted by Gasteiger charge is 2.15. The van der Waals surface area contributed by atoms with Gasteiger partial charge in [0, 0.05) is 25.0 Å². The average molecular weight is 231 g/mol. The van der Waals surface area contributed by atoms with E-state index in [1.165, 1.54) is 7.11 Å². The average Bonchev–Trinajstić information content (AvgIpc) is 2.70. The van der Waals surface area contributed by atoms with Gasteiger partial charge in [0.25, 0.3) is 0 Å². The van der Waals surface area contributed by atoms with Gasteiger partial charge in [-0.25, -0.2) is 4.79 Å². The lowest BCUT2D eigenvalue weighted by atomic mass is 10.0. The molecule has 1 aromatic carbocycles. The summed E-state index contributed by atoms with van der Waals surface area (Å²) in [5.41, 5.74) is 2.02. The van der Waals surface area contributed by atoms with E-state index in [2.05, 4.69) is 0 Å². The van der Waals surface area contributed by atoms with Gasteiger partial charge in [0.1, 0.15) is 5.75 Å². The Morgan fingerprint density at radius 1 is 1.35 bits per heavy atom. The molecular weight excluding hydrogens is 218 g/mol. The van der Waals surface area contributed by atoms with Gasteiger partial charge in [0.2, 0.25) is 0 Å². The monoisotopic (exact) mass is 231 g/mol. The molecule has 0 unspecified atom stereocenters. The molecule has 88 valence electrons. The van der Waals surface area contributed by atoms with Crippen molar-refractivity contribution in [1.82, 2.24) is 4.57 Å². The molecule has 1 heterocycles. The Morgan fingerprint density at radius 3 is 2.76 bits per heavy atom. The number of methoxy groups -OCH3 is 1. The number of hydrogen-bond donors (Lipinski definition) is 1. The van der Waals surface area contributed by atoms with Crippen LogP contribution >= 0.6 is 0 Å². The van der Waals surface area contributed by atoms with Crippen LogP contribution in [0.5, 0.6) is 5.75 Å². The Morgan fingerprint density at radius 2 is 2.12 bits per heavy atom. The van der Waals surface area contributed by atoms with Crippen molar-refractivity contribution in [3.05, 3.63) is 42.2 Å². The SMILES string of the molecule is COC(=O)c1cn(C)cc1-c1cccc(O)c1. The normalized spacial score (nSPS) is 10.2. The van der Waals surface area contributed by atoms with Crippen molar-refractivity contribution < 1.29 is 14.6 Å². The van der Waals surface area contributed by atoms with Crippen LogP contribution in [-0.4, -0.2) is 22.8 Å². The van der Waals surface area contributed by atoms with Crippen LogP contribution in [-0.2, 0) is 11.8 Å². The first-order valence-electron chi connectivity index (χ1n) is 5.15. The lowest BCUT2D eigenvalue weighted by Crippen LogP contribution is -2.01. The summed E-state index contributed by atoms with van der Waals surface area (Å²) < 4.78 is 6.51. The van der Waals surface area contributed by atoms with Crippen molar-refractivity contribution in [2.75, 3.05) is 7.11 Å². The number of rotatable bonds is 2. The molecule has 0 radical (unpaired) electrons. The van der Waals surface area contributed by atoms with Gasteiger partial charge in [-0.15, -0.1) is 0 Å². The Kier molecular flexibility index (Phi) is 2.87. The number of aromatic nitrogens is 1. The summed E-state index contributed by atoms with van der Waals surface area (Å²) in [5, 5.41) is 9.44. The lowest BCUT2D eigenvalue weighted by molar-refractivity contribution is 0.0601. The van der Waals surface area contributed by atoms with Crippen molar-refractivity contribution in [3.8, 4) is 16.9 Å². The highest BCUT2D eigenvalue weighted by atomic mass is 16.5. The number of aryl methyl sites for hydroxylation is 1. The fourth-order valence-corrected chi connectivity index (χ4v) is 1.76. The van der Waals surface area contributed by atoms with Crippen molar-refractivity contribution in [2.45, 2.75) is 0 Å². The second kappa shape index (κ2) is 4.33. The Balaban J connectivity index is 2.55. The van der Waals surface area contributed by atoms with Gasteiger partial charge in [-0.1, -0.05) is 12.1 Å². The van der Waals surface area contributed by atoms with Crippen LogP contribution in [0.1, 0.15) is 10.4 Å². The fourth-order valence-electron chi connectivity index (χ4n) is 1.76. The predicted octanol–water partition coefficient (Wildman–Crippen LogP) is 2.18. The van der Waals surface area contributed by atoms with Crippen LogP contribution in [0.15, 0.2) is 36.7 Å². The third kappa shape index (κ3) is 2.15. The highest BCUT2D eigenvalue weighted by Crippen LogP contribution is 2.27. The maximum absolute atomic E-state index is 11.6. The van der Waals surface area contributed by atoms with Crippen LogP contribution in [0, 0.1) is 0 Å². The number of hydrogen-bond acceptors (Lipinski definition) is 3. The minimum Gasteiger partial charge on any atom is -0.508 e. The maximum Gasteiger partial charge on any atom is 0.340 e. The van der Waals surface area contributed by atoms with Gasteiger partial charge < -0.3 is 14.4 Å². The Hall–Kier alpha value is -2.23. The summed E-state index contributed by atoms with van der Waals surface area (Å²) in [6.45, 7) is 0. The van der Waals surface area contributed by atoms with E-state index in [4.69, 9.17) is 4.74 Å². The summed E-state index contributed by atoms with van der Waals surface area (Å²) in [7, 11) is 3.18. The standard InChI is InChI=1S/C13H13NO3/c1-14-7-11(12(8-14)13(16)17-2)9-4-3-5-10(15)6-9/h3-8,15H,1-2H3. The molecule has 2 aromatic rings. The Labute approximate surface area is 99.1 Å². The molecule has 0 saturated heterocycles. The molecule has 0 amide bonds. The summed E-state index contributed by atoms with van der Waals surface area (Å²) >= 11 is 0. The van der Waals surface area contributed by atoms with E-state index in [-0.39, 0.29) is 11.7 Å². The van der Waals surface area contributed by atoms with E-state index in [1.807, 2.05) is 19.3 Å². The third-order valence-electron chi connectivity index (χ3n) is 2.52. The topological polar surface area (TPSA) is 51.5 Å². The second-order valence-corrected chi connectivity index (χ2v) is 3.79. The number of esters is 1. The smallest absolute Gasteiger partial charge is 0.340 e. The molecule has 0 bridgehead atoms. The van der Waals surface area contributed by atoms with Gasteiger partial charge >= 0.3 is 5.97 Å². The van der Waals surface area contributed by atoms with E-state index >= 15 is 0 Å². The molecule has 1 N–H and O–H groups in total. The van der Waals surface area contributed by atoms with Crippen molar-refractivity contribution in [1.29, 1.82) is 0 Å². The van der Waals surface area contributed by atoms with Crippen molar-refractivity contribution >= 4 is 5.97 Å². The van der Waals surface area contributed by atoms with E-state index in [0.29, 0.717) is 5.56 Å². The molecule has 1 aromatic heterocycles. The number of ether oxygens (including phenoxy) is 1. The van der Waals surface area contributed by atoms with Gasteiger partial charge in [-0.05, 0) is 17.7 Å². The Bertz CT molecular complexity index is 558. The summed E-state index contributed by atoms with van der Waals surface area (Å²) in [6, 6.07) is 6.77. The molecule has 0 spiro atoms. The van der Waals surface area contributed by atoms with Crippen LogP contribution in [0.3, 0.4) is 0 Å². The van der Waals surface area contributed by atoms with Gasteiger partial charge in [-0.3, -0.25) is 0 Å². The van der Waals surface area contributed by atoms with Gasteiger partial charge in [-0.2, -0.15) is 0 Å². The molecule has 4 heteroatoms. The van der Waals surface area contributed by atoms with Crippen LogP contribution in [0.25, 0.3) is 11.1 Å². The zero-order valence-electron chi connectivity index (χ0n) is 9.68. The minimum absolute atomic E-state index is 0.169. The largest absolute Gasteiger partial charge is 0.508 e. The zero-order chi connectivity index (χ0) is 12.4. The highest BCUT2D eigenvalue weighted by molar-refractivity contribution is 5.97. The molecule has 0 atom stereocenters. The molecule has 0 fully saturated rings. The summed E-state index contributed by atoms with van der Waals surface area (Å²) in [4.78, 5) is 11.6. The lowest BCUT2D eigenvalue weighted by Gasteiger charge is -2.02. The van der Waals surface area contributed by atoms with Crippen LogP contribution < -0.4 is 0 Å². The number of carbonyl (C=O) groups excluding carboxylic acids is 1. The van der Waals surface area contributed by atoms with E-state index in [1.54, 1.807) is 29.0 Å². The van der Waals surface area contributed by atoms with E-state index in [0.717, 1.165) is 11.1 Å². The molecular formula is C13H13NO3. The molecule has 2 rings (SSSR count). The maximum atomic E-state index is 11.6. The molecule has 0 aliphatic carbocycles. The molecule has 0 aliphatic rings. The number of phenols is 1. The quantitative estimate of drug-likeness (QED) is 0.806. The first-order valence-corrected chi connectivity index (χ1v) is 5.15. The first-order chi connectivity index (χ1) is 8.11. The number of nitrogens with zero attached hydrogens (tertiary/aromatic N) is 1. The third-order valence-corrected chi connectivity index (χ3v) is 2.52. The van der Waals surface area contributed by atoms with Crippen molar-refractivity contribution in [2.24, 2.45) is 7.05 Å². The van der Waals surface area contributed by atoms with Gasteiger partial charge in [0.05, 0.1) is 12.7 Å². The van der Waals surface area contributed by atoms with Gasteiger partial charge in [0.15, 0.2) is 0 Å². The first kappa shape index (κ1) is 11.3. The number of phenolic OH excluding ortho intramolecular Hbond substituents is 1. The molecule has 0 saturated carbocycles. The van der Waals surface area contributed by atoms with E-state index < -0.39 is 0 Å². The fraction of sp³-hybridized carbons (Fsp3) is 0.154. The minimum atomic E-state index is -0.385. The zero-order valence-corrected chi connectivity index (χ0v) is 9.68. The predicted molar refractivity (Wildman–Crippen MR) is 63.9 cm³/mol. The number of aromatic hydroxyl groups is 1. The summed E-state index contributed by atoms with van der Waals surface area (Å²) in [6.07, 6.45) is 3.52. The molecule has 17 heavy (non-hydrogen) atoms. The van der Waals surface area contributed by atoms with Crippen molar-refractivity contribution in [3.63, 3.8) is 0 Å². The second-order valence-electron chi connectivity index (χ2n) is 3.79. The number of benzene rings is 1. The number of carbonyl (C=O) groups is 1. The van der Waals surface area contributed by atoms with Crippen LogP contribution in [0.2, 0.25) is 0 Å². The summed E-state index contributed by atoms with van der Waals surface area (Å²) in [5.74, 6) is -0.217. The van der Waals surface area contributed by atoms with E-state index in [9.17, 15) is 9.90 Å². The molecule has 0 aliphatic heterocycles. The van der Waals surface area contributed by atoms with Crippen LogP contribution in [0.4, 0.5) is 0 Å². The molecule has 4 nitrogen and oxygen atoms in total.